The van der Waals surface area contributed by atoms with E-state index in [-0.39, 0.29) is 34.4 Å². The Morgan fingerprint density at radius 1 is 1.26 bits per heavy atom. The number of aromatic nitrogens is 1. The molecule has 0 spiro atoms. The molecule has 0 bridgehead atoms. The molecule has 31 heavy (non-hydrogen) atoms. The summed E-state index contributed by atoms with van der Waals surface area (Å²) in [7, 11) is 1.47. The second kappa shape index (κ2) is 8.64. The normalized spacial score (nSPS) is 13.1. The Balaban J connectivity index is 1.80. The summed E-state index contributed by atoms with van der Waals surface area (Å²) in [6.07, 6.45) is 2.87. The van der Waals surface area contributed by atoms with Crippen LogP contribution in [0.5, 0.6) is 5.75 Å². The molecule has 0 saturated carbocycles. The molecule has 3 heterocycles. The molecule has 162 valence electrons. The van der Waals surface area contributed by atoms with Gasteiger partial charge in [0.05, 0.1) is 41.6 Å². The van der Waals surface area contributed by atoms with Gasteiger partial charge < -0.3 is 24.1 Å². The molecule has 1 aromatic carbocycles. The molecule has 0 unspecified atom stereocenters. The number of anilines is 1. The number of methoxy groups -OCH3 is 1. The van der Waals surface area contributed by atoms with Crippen molar-refractivity contribution >= 4 is 51.9 Å². The fourth-order valence-electron chi connectivity index (χ4n) is 3.63. The number of halogens is 2. The molecule has 2 amide bonds. The van der Waals surface area contributed by atoms with Crippen molar-refractivity contribution in [1.82, 2.24) is 9.88 Å². The summed E-state index contributed by atoms with van der Waals surface area (Å²) in [6, 6.07) is 3.40. The van der Waals surface area contributed by atoms with Crippen LogP contribution in [0.1, 0.15) is 28.6 Å². The molecular weight excluding hydrogens is 445 g/mol. The first-order valence-electron chi connectivity index (χ1n) is 9.57. The van der Waals surface area contributed by atoms with E-state index in [0.717, 1.165) is 11.3 Å². The van der Waals surface area contributed by atoms with Gasteiger partial charge >= 0.3 is 6.09 Å². The van der Waals surface area contributed by atoms with Crippen LogP contribution >= 0.6 is 23.2 Å². The number of carbonyl (C=O) groups is 2. The van der Waals surface area contributed by atoms with Crippen LogP contribution in [0.3, 0.4) is 0 Å². The van der Waals surface area contributed by atoms with E-state index >= 15 is 0 Å². The van der Waals surface area contributed by atoms with Crippen molar-refractivity contribution in [3.63, 3.8) is 0 Å². The van der Waals surface area contributed by atoms with Crippen LogP contribution in [0.25, 0.3) is 11.0 Å². The lowest BCUT2D eigenvalue weighted by Gasteiger charge is -2.25. The van der Waals surface area contributed by atoms with Gasteiger partial charge in [0.2, 0.25) is 0 Å². The minimum Gasteiger partial charge on any atom is -0.496 e. The molecule has 3 aromatic rings. The van der Waals surface area contributed by atoms with Crippen molar-refractivity contribution < 1.29 is 23.5 Å². The SMILES string of the molecule is CCOC(=O)N1CCc2oc3ccc(OC)c(C(=O)Nc4c(Cl)cncc4Cl)c3c2C1. The second-order valence-electron chi connectivity index (χ2n) is 6.82. The Hall–Kier alpha value is -2.97. The highest BCUT2D eigenvalue weighted by Crippen LogP contribution is 2.38. The fraction of sp³-hybridized carbons (Fsp3) is 0.286. The van der Waals surface area contributed by atoms with E-state index in [1.54, 1.807) is 24.0 Å². The minimum atomic E-state index is -0.477. The van der Waals surface area contributed by atoms with E-state index in [0.29, 0.717) is 29.7 Å². The number of carbonyl (C=O) groups excluding carboxylic acids is 2. The molecule has 4 rings (SSSR count). The van der Waals surface area contributed by atoms with Gasteiger partial charge in [-0.1, -0.05) is 23.2 Å². The molecule has 1 N–H and O–H groups in total. The standard InChI is InChI=1S/C21H19Cl2N3O5/c1-3-30-21(28)26-7-6-14-11(10-26)17-16(31-14)5-4-15(29-2)18(17)20(27)25-19-12(22)8-24-9-13(19)23/h4-5,8-9H,3,6-7,10H2,1-2H3,(H,24,25,27). The highest BCUT2D eigenvalue weighted by atomic mass is 35.5. The van der Waals surface area contributed by atoms with Crippen LogP contribution in [0.4, 0.5) is 10.5 Å². The number of fused-ring (bicyclic) bond motifs is 3. The number of pyridine rings is 1. The highest BCUT2D eigenvalue weighted by molar-refractivity contribution is 6.40. The van der Waals surface area contributed by atoms with E-state index in [4.69, 9.17) is 37.1 Å². The maximum absolute atomic E-state index is 13.3. The molecule has 2 aromatic heterocycles. The minimum absolute atomic E-state index is 0.203. The summed E-state index contributed by atoms with van der Waals surface area (Å²) in [5.74, 6) is 0.593. The molecule has 0 aliphatic carbocycles. The predicted molar refractivity (Wildman–Crippen MR) is 116 cm³/mol. The van der Waals surface area contributed by atoms with Gasteiger partial charge in [0.15, 0.2) is 0 Å². The summed E-state index contributed by atoms with van der Waals surface area (Å²) in [4.78, 5) is 31.1. The first-order valence-corrected chi connectivity index (χ1v) is 10.3. The van der Waals surface area contributed by atoms with Crippen molar-refractivity contribution in [2.45, 2.75) is 19.9 Å². The zero-order chi connectivity index (χ0) is 22.1. The Morgan fingerprint density at radius 2 is 2.00 bits per heavy atom. The van der Waals surface area contributed by atoms with E-state index in [1.807, 2.05) is 0 Å². The number of furan rings is 1. The van der Waals surface area contributed by atoms with Crippen molar-refractivity contribution in [2.24, 2.45) is 0 Å². The summed E-state index contributed by atoms with van der Waals surface area (Å²) < 4.78 is 16.6. The molecule has 10 heteroatoms. The zero-order valence-electron chi connectivity index (χ0n) is 16.8. The topological polar surface area (TPSA) is 93.9 Å². The lowest BCUT2D eigenvalue weighted by Crippen LogP contribution is -2.36. The molecule has 1 aliphatic rings. The van der Waals surface area contributed by atoms with Crippen LogP contribution in [0, 0.1) is 0 Å². The second-order valence-corrected chi connectivity index (χ2v) is 7.64. The average molecular weight is 464 g/mol. The van der Waals surface area contributed by atoms with E-state index < -0.39 is 12.0 Å². The maximum atomic E-state index is 13.3. The molecule has 0 atom stereocenters. The Bertz CT molecular complexity index is 1160. The van der Waals surface area contributed by atoms with Crippen LogP contribution < -0.4 is 10.1 Å². The first-order chi connectivity index (χ1) is 14.9. The number of ether oxygens (including phenoxy) is 2. The Kier molecular flexibility index (Phi) is 5.93. The molecular formula is C21H19Cl2N3O5. The molecule has 0 radical (unpaired) electrons. The largest absolute Gasteiger partial charge is 0.496 e. The molecule has 8 nitrogen and oxygen atoms in total. The van der Waals surface area contributed by atoms with Gasteiger partial charge in [0.25, 0.3) is 5.91 Å². The first kappa shape index (κ1) is 21.3. The monoisotopic (exact) mass is 463 g/mol. The molecule has 0 saturated heterocycles. The summed E-state index contributed by atoms with van der Waals surface area (Å²) in [6.45, 7) is 2.75. The van der Waals surface area contributed by atoms with Gasteiger partial charge in [0.1, 0.15) is 17.1 Å². The number of amides is 2. The zero-order valence-corrected chi connectivity index (χ0v) is 18.3. The van der Waals surface area contributed by atoms with Gasteiger partial charge in [0, 0.05) is 36.3 Å². The lowest BCUT2D eigenvalue weighted by molar-refractivity contribution is 0.101. The highest BCUT2D eigenvalue weighted by Gasteiger charge is 2.30. The number of hydrogen-bond acceptors (Lipinski definition) is 6. The smallest absolute Gasteiger partial charge is 0.410 e. The van der Waals surface area contributed by atoms with E-state index in [9.17, 15) is 9.59 Å². The van der Waals surface area contributed by atoms with Gasteiger partial charge in [-0.25, -0.2) is 4.79 Å². The number of nitrogens with zero attached hydrogens (tertiary/aromatic N) is 2. The third-order valence-electron chi connectivity index (χ3n) is 5.02. The van der Waals surface area contributed by atoms with Gasteiger partial charge in [-0.05, 0) is 19.1 Å². The van der Waals surface area contributed by atoms with E-state index in [2.05, 4.69) is 10.3 Å². The number of benzene rings is 1. The molecule has 0 fully saturated rings. The quantitative estimate of drug-likeness (QED) is 0.590. The Morgan fingerprint density at radius 3 is 2.68 bits per heavy atom. The van der Waals surface area contributed by atoms with Crippen LogP contribution in [0.15, 0.2) is 28.9 Å². The summed E-state index contributed by atoms with van der Waals surface area (Å²) in [5.41, 5.74) is 1.77. The number of rotatable bonds is 4. The van der Waals surface area contributed by atoms with Gasteiger partial charge in [-0.15, -0.1) is 0 Å². The lowest BCUT2D eigenvalue weighted by atomic mass is 9.99. The fourth-order valence-corrected chi connectivity index (χ4v) is 4.09. The van der Waals surface area contributed by atoms with Crippen LogP contribution in [-0.2, 0) is 17.7 Å². The van der Waals surface area contributed by atoms with Crippen molar-refractivity contribution in [1.29, 1.82) is 0 Å². The van der Waals surface area contributed by atoms with Gasteiger partial charge in [-0.2, -0.15) is 0 Å². The maximum Gasteiger partial charge on any atom is 0.410 e. The summed E-state index contributed by atoms with van der Waals surface area (Å²) >= 11 is 12.3. The molecule has 1 aliphatic heterocycles. The summed E-state index contributed by atoms with van der Waals surface area (Å²) in [5, 5.41) is 3.72. The van der Waals surface area contributed by atoms with Gasteiger partial charge in [-0.3, -0.25) is 9.78 Å². The predicted octanol–water partition coefficient (Wildman–Crippen LogP) is 4.91. The average Bonchev–Trinajstić information content (AvgIpc) is 3.13. The van der Waals surface area contributed by atoms with Crippen molar-refractivity contribution in [3.05, 3.63) is 51.5 Å². The van der Waals surface area contributed by atoms with Crippen LogP contribution in [-0.4, -0.2) is 42.1 Å². The van der Waals surface area contributed by atoms with Crippen molar-refractivity contribution in [3.8, 4) is 5.75 Å². The number of nitrogens with one attached hydrogen (secondary N) is 1. The number of hydrogen-bond donors (Lipinski definition) is 1. The van der Waals surface area contributed by atoms with Crippen molar-refractivity contribution in [2.75, 3.05) is 25.6 Å². The third kappa shape index (κ3) is 3.88. The Labute approximate surface area is 188 Å². The van der Waals surface area contributed by atoms with E-state index in [1.165, 1.54) is 19.5 Å². The van der Waals surface area contributed by atoms with Crippen LogP contribution in [0.2, 0.25) is 10.0 Å². The third-order valence-corrected chi connectivity index (χ3v) is 5.60.